The van der Waals surface area contributed by atoms with Crippen molar-refractivity contribution >= 4 is 5.91 Å². The number of carbonyl (C=O) groups is 1. The lowest BCUT2D eigenvalue weighted by molar-refractivity contribution is -0.125. The molecule has 1 amide bonds. The topological polar surface area (TPSA) is 58.4 Å². The van der Waals surface area contributed by atoms with E-state index in [0.29, 0.717) is 18.0 Å². The molecule has 3 N–H and O–H groups in total. The molecule has 1 saturated heterocycles. The molecular formula is C15H29N3O. The number of hydrogen-bond acceptors (Lipinski definition) is 3. The molecule has 1 atom stereocenters. The first-order valence-corrected chi connectivity index (χ1v) is 7.65. The van der Waals surface area contributed by atoms with E-state index in [9.17, 15) is 4.79 Å². The SMILES string of the molecule is CC(C)(C)C1CCC(N2CCNCC2C(N)=O)CC1. The number of nitrogens with zero attached hydrogens (tertiary/aromatic N) is 1. The van der Waals surface area contributed by atoms with Crippen molar-refractivity contribution in [1.29, 1.82) is 0 Å². The molecular weight excluding hydrogens is 238 g/mol. The lowest BCUT2D eigenvalue weighted by atomic mass is 9.71. The molecule has 1 aliphatic heterocycles. The van der Waals surface area contributed by atoms with Crippen LogP contribution in [0.5, 0.6) is 0 Å². The minimum absolute atomic E-state index is 0.107. The van der Waals surface area contributed by atoms with Gasteiger partial charge in [0.15, 0.2) is 0 Å². The molecule has 4 nitrogen and oxygen atoms in total. The highest BCUT2D eigenvalue weighted by molar-refractivity contribution is 5.80. The molecule has 1 heterocycles. The molecule has 1 aliphatic carbocycles. The number of carbonyl (C=O) groups excluding carboxylic acids is 1. The Morgan fingerprint density at radius 2 is 1.84 bits per heavy atom. The molecule has 0 aromatic heterocycles. The van der Waals surface area contributed by atoms with Crippen LogP contribution in [0.25, 0.3) is 0 Å². The molecule has 0 aromatic rings. The highest BCUT2D eigenvalue weighted by Crippen LogP contribution is 2.39. The largest absolute Gasteiger partial charge is 0.368 e. The highest BCUT2D eigenvalue weighted by Gasteiger charge is 2.36. The minimum Gasteiger partial charge on any atom is -0.368 e. The van der Waals surface area contributed by atoms with Crippen molar-refractivity contribution < 1.29 is 4.79 Å². The van der Waals surface area contributed by atoms with Crippen LogP contribution in [0, 0.1) is 11.3 Å². The van der Waals surface area contributed by atoms with E-state index in [2.05, 4.69) is 31.0 Å². The fourth-order valence-corrected chi connectivity index (χ4v) is 3.69. The van der Waals surface area contributed by atoms with Gasteiger partial charge in [-0.05, 0) is 37.0 Å². The van der Waals surface area contributed by atoms with Gasteiger partial charge in [-0.1, -0.05) is 20.8 Å². The van der Waals surface area contributed by atoms with Gasteiger partial charge < -0.3 is 11.1 Å². The summed E-state index contributed by atoms with van der Waals surface area (Å²) in [5.74, 6) is 0.642. The van der Waals surface area contributed by atoms with E-state index in [1.54, 1.807) is 0 Å². The molecule has 2 fully saturated rings. The Labute approximate surface area is 117 Å². The number of primary amides is 1. The average Bonchev–Trinajstić information content (AvgIpc) is 2.38. The summed E-state index contributed by atoms with van der Waals surface area (Å²) in [7, 11) is 0. The highest BCUT2D eigenvalue weighted by atomic mass is 16.1. The quantitative estimate of drug-likeness (QED) is 0.794. The first-order valence-electron chi connectivity index (χ1n) is 7.65. The van der Waals surface area contributed by atoms with Crippen LogP contribution in [0.4, 0.5) is 0 Å². The number of rotatable bonds is 2. The number of nitrogens with two attached hydrogens (primary N) is 1. The summed E-state index contributed by atoms with van der Waals surface area (Å²) in [5.41, 5.74) is 5.95. The molecule has 4 heteroatoms. The van der Waals surface area contributed by atoms with E-state index in [4.69, 9.17) is 5.73 Å². The lowest BCUT2D eigenvalue weighted by Gasteiger charge is -2.45. The molecule has 110 valence electrons. The maximum absolute atomic E-state index is 11.6. The van der Waals surface area contributed by atoms with Gasteiger partial charge in [-0.15, -0.1) is 0 Å². The number of hydrogen-bond donors (Lipinski definition) is 2. The van der Waals surface area contributed by atoms with Crippen LogP contribution in [0.2, 0.25) is 0 Å². The zero-order valence-electron chi connectivity index (χ0n) is 12.6. The van der Waals surface area contributed by atoms with E-state index >= 15 is 0 Å². The van der Waals surface area contributed by atoms with Gasteiger partial charge in [-0.3, -0.25) is 9.69 Å². The molecule has 19 heavy (non-hydrogen) atoms. The first kappa shape index (κ1) is 14.8. The van der Waals surface area contributed by atoms with Crippen molar-refractivity contribution in [2.24, 2.45) is 17.1 Å². The Hall–Kier alpha value is -0.610. The normalized spacial score (nSPS) is 34.2. The number of piperazine rings is 1. The monoisotopic (exact) mass is 267 g/mol. The van der Waals surface area contributed by atoms with Gasteiger partial charge in [-0.25, -0.2) is 0 Å². The Bertz CT molecular complexity index is 316. The summed E-state index contributed by atoms with van der Waals surface area (Å²) in [5, 5.41) is 3.28. The maximum atomic E-state index is 11.6. The van der Waals surface area contributed by atoms with Crippen LogP contribution in [0.1, 0.15) is 46.5 Å². The molecule has 0 spiro atoms. The van der Waals surface area contributed by atoms with E-state index in [1.165, 1.54) is 25.7 Å². The van der Waals surface area contributed by atoms with Crippen molar-refractivity contribution in [1.82, 2.24) is 10.2 Å². The summed E-state index contributed by atoms with van der Waals surface area (Å²) in [6.45, 7) is 9.68. The van der Waals surface area contributed by atoms with Gasteiger partial charge in [-0.2, -0.15) is 0 Å². The third-order valence-corrected chi connectivity index (χ3v) is 5.00. The van der Waals surface area contributed by atoms with E-state index in [1.807, 2.05) is 0 Å². The fourth-order valence-electron chi connectivity index (χ4n) is 3.69. The van der Waals surface area contributed by atoms with Crippen molar-refractivity contribution in [3.63, 3.8) is 0 Å². The second-order valence-corrected chi connectivity index (χ2v) is 7.23. The Balaban J connectivity index is 1.94. The van der Waals surface area contributed by atoms with Crippen LogP contribution < -0.4 is 11.1 Å². The van der Waals surface area contributed by atoms with E-state index < -0.39 is 0 Å². The zero-order chi connectivity index (χ0) is 14.0. The smallest absolute Gasteiger partial charge is 0.236 e. The summed E-state index contributed by atoms with van der Waals surface area (Å²) in [6.07, 6.45) is 4.99. The lowest BCUT2D eigenvalue weighted by Crippen LogP contribution is -2.60. The average molecular weight is 267 g/mol. The van der Waals surface area contributed by atoms with Crippen LogP contribution in [-0.2, 0) is 4.79 Å². The Morgan fingerprint density at radius 3 is 2.37 bits per heavy atom. The Morgan fingerprint density at radius 1 is 1.21 bits per heavy atom. The second kappa shape index (κ2) is 5.80. The number of nitrogens with one attached hydrogen (secondary N) is 1. The molecule has 0 aromatic carbocycles. The van der Waals surface area contributed by atoms with Crippen molar-refractivity contribution in [2.45, 2.75) is 58.5 Å². The van der Waals surface area contributed by atoms with Gasteiger partial charge >= 0.3 is 0 Å². The van der Waals surface area contributed by atoms with Gasteiger partial charge in [0, 0.05) is 25.7 Å². The second-order valence-electron chi connectivity index (χ2n) is 7.23. The van der Waals surface area contributed by atoms with Gasteiger partial charge in [0.25, 0.3) is 0 Å². The molecule has 1 saturated carbocycles. The molecule has 2 rings (SSSR count). The summed E-state index contributed by atoms with van der Waals surface area (Å²) in [6, 6.07) is 0.447. The summed E-state index contributed by atoms with van der Waals surface area (Å²) < 4.78 is 0. The first-order chi connectivity index (χ1) is 8.89. The molecule has 1 unspecified atom stereocenters. The third kappa shape index (κ3) is 3.48. The molecule has 2 aliphatic rings. The Kier molecular flexibility index (Phi) is 4.51. The van der Waals surface area contributed by atoms with Crippen molar-refractivity contribution in [3.05, 3.63) is 0 Å². The third-order valence-electron chi connectivity index (χ3n) is 5.00. The molecule has 0 radical (unpaired) electrons. The van der Waals surface area contributed by atoms with Gasteiger partial charge in [0.05, 0.1) is 0 Å². The zero-order valence-corrected chi connectivity index (χ0v) is 12.6. The van der Waals surface area contributed by atoms with E-state index in [-0.39, 0.29) is 11.9 Å². The van der Waals surface area contributed by atoms with Gasteiger partial charge in [0.1, 0.15) is 6.04 Å². The maximum Gasteiger partial charge on any atom is 0.236 e. The summed E-state index contributed by atoms with van der Waals surface area (Å²) >= 11 is 0. The fraction of sp³-hybridized carbons (Fsp3) is 0.933. The summed E-state index contributed by atoms with van der Waals surface area (Å²) in [4.78, 5) is 13.9. The standard InChI is InChI=1S/C15H29N3O/c1-15(2,3)11-4-6-12(7-5-11)18-9-8-17-10-13(18)14(16)19/h11-13,17H,4-10H2,1-3H3,(H2,16,19). The van der Waals surface area contributed by atoms with Crippen LogP contribution in [-0.4, -0.2) is 42.5 Å². The van der Waals surface area contributed by atoms with Crippen molar-refractivity contribution in [3.8, 4) is 0 Å². The molecule has 0 bridgehead atoms. The van der Waals surface area contributed by atoms with E-state index in [0.717, 1.165) is 19.0 Å². The minimum atomic E-state index is -0.176. The van der Waals surface area contributed by atoms with Crippen LogP contribution >= 0.6 is 0 Å². The van der Waals surface area contributed by atoms with Crippen LogP contribution in [0.15, 0.2) is 0 Å². The number of amides is 1. The van der Waals surface area contributed by atoms with Gasteiger partial charge in [0.2, 0.25) is 5.91 Å². The van der Waals surface area contributed by atoms with Crippen molar-refractivity contribution in [2.75, 3.05) is 19.6 Å². The van der Waals surface area contributed by atoms with Crippen LogP contribution in [0.3, 0.4) is 0 Å². The predicted molar refractivity (Wildman–Crippen MR) is 77.8 cm³/mol. The predicted octanol–water partition coefficient (Wildman–Crippen LogP) is 1.35.